The molecular weight excluding hydrogens is 514 g/mol. The molecule has 4 nitrogen and oxygen atoms in total. The summed E-state index contributed by atoms with van der Waals surface area (Å²) in [7, 11) is 0. The minimum Gasteiger partial charge on any atom is -0.545 e. The summed E-state index contributed by atoms with van der Waals surface area (Å²) < 4.78 is 0. The summed E-state index contributed by atoms with van der Waals surface area (Å²) in [6.07, 6.45) is 19.2. The fourth-order valence-electron chi connectivity index (χ4n) is 4.42. The maximum absolute atomic E-state index is 10.9. The van der Waals surface area contributed by atoms with E-state index in [2.05, 4.69) is 13.8 Å². The van der Waals surface area contributed by atoms with Crippen molar-refractivity contribution in [3.63, 3.8) is 0 Å². The summed E-state index contributed by atoms with van der Waals surface area (Å²) in [5.41, 5.74) is 2.52. The first-order chi connectivity index (χ1) is 17.5. The molecule has 0 aliphatic heterocycles. The molecule has 2 aromatic carbocycles. The number of rotatable bonds is 18. The smallest absolute Gasteiger partial charge is 0.545 e. The molecule has 2 aromatic rings. The third kappa shape index (κ3) is 16.5. The summed E-state index contributed by atoms with van der Waals surface area (Å²) in [4.78, 5) is 21.8. The van der Waals surface area contributed by atoms with E-state index in [0.29, 0.717) is 11.1 Å². The topological polar surface area (TPSA) is 80.3 Å². The van der Waals surface area contributed by atoms with Crippen LogP contribution in [0.5, 0.6) is 0 Å². The average molecular weight is 560 g/mol. The molecule has 0 bridgehead atoms. The number of hydrogen-bond donors (Lipinski definition) is 0. The van der Waals surface area contributed by atoms with Crippen LogP contribution in [0.2, 0.25) is 0 Å². The fraction of sp³-hybridized carbons (Fsp3) is 0.562. The summed E-state index contributed by atoms with van der Waals surface area (Å²) in [6, 6.07) is 14.3. The molecule has 0 aliphatic carbocycles. The quantitative estimate of drug-likeness (QED) is 0.151. The van der Waals surface area contributed by atoms with Crippen molar-refractivity contribution >= 4 is 11.9 Å². The van der Waals surface area contributed by atoms with Crippen molar-refractivity contribution in [2.45, 2.75) is 117 Å². The van der Waals surface area contributed by atoms with Crippen molar-refractivity contribution in [1.82, 2.24) is 0 Å². The zero-order valence-corrected chi connectivity index (χ0v) is 26.2. The SMILES string of the molecule is CCCCCCCCCc1ccccc1C(=O)[O-].CCCCCCCCCc1ccccc1C(=O)[O-].[Zn+2]. The Hall–Kier alpha value is -2.00. The molecule has 5 heteroatoms. The van der Waals surface area contributed by atoms with Gasteiger partial charge in [0.25, 0.3) is 0 Å². The second-order valence-electron chi connectivity index (χ2n) is 9.63. The average Bonchev–Trinajstić information content (AvgIpc) is 2.88. The number of carbonyl (C=O) groups excluding carboxylic acids is 2. The Balaban J connectivity index is 0.000000682. The Bertz CT molecular complexity index is 794. The first kappa shape index (κ1) is 35.0. The molecule has 0 radical (unpaired) electrons. The second-order valence-corrected chi connectivity index (χ2v) is 9.63. The summed E-state index contributed by atoms with van der Waals surface area (Å²) in [5.74, 6) is -2.12. The van der Waals surface area contributed by atoms with Crippen LogP contribution in [0.15, 0.2) is 48.5 Å². The van der Waals surface area contributed by atoms with E-state index in [1.54, 1.807) is 24.3 Å². The number of carboxylic acid groups (broad SMARTS) is 2. The van der Waals surface area contributed by atoms with Gasteiger partial charge in [-0.3, -0.25) is 0 Å². The standard InChI is InChI=1S/2C16H24O2.Zn/c2*1-2-3-4-5-6-7-8-11-14-12-9-10-13-15(14)16(17)18;/h2*9-10,12-13H,2-8,11H2,1H3,(H,17,18);/q;;+2/p-2. The van der Waals surface area contributed by atoms with Crippen molar-refractivity contribution in [3.8, 4) is 0 Å². The van der Waals surface area contributed by atoms with Crippen LogP contribution in [0.3, 0.4) is 0 Å². The molecule has 0 saturated heterocycles. The molecule has 0 atom stereocenters. The molecular formula is C32H46O4Zn. The molecule has 0 amide bonds. The van der Waals surface area contributed by atoms with Gasteiger partial charge in [-0.05, 0) is 36.8 Å². The van der Waals surface area contributed by atoms with Crippen LogP contribution < -0.4 is 10.2 Å². The van der Waals surface area contributed by atoms with Crippen LogP contribution >= 0.6 is 0 Å². The van der Waals surface area contributed by atoms with E-state index in [0.717, 1.165) is 36.8 Å². The molecule has 37 heavy (non-hydrogen) atoms. The van der Waals surface area contributed by atoms with Crippen LogP contribution in [0.25, 0.3) is 0 Å². The Kier molecular flexibility index (Phi) is 21.9. The molecule has 0 heterocycles. The third-order valence-electron chi connectivity index (χ3n) is 6.57. The molecule has 0 saturated carbocycles. The predicted molar refractivity (Wildman–Crippen MR) is 145 cm³/mol. The van der Waals surface area contributed by atoms with Gasteiger partial charge in [0.15, 0.2) is 0 Å². The van der Waals surface area contributed by atoms with Gasteiger partial charge in [0.1, 0.15) is 0 Å². The van der Waals surface area contributed by atoms with Crippen LogP contribution in [0.4, 0.5) is 0 Å². The van der Waals surface area contributed by atoms with Crippen molar-refractivity contribution in [2.24, 2.45) is 0 Å². The zero-order chi connectivity index (χ0) is 26.4. The maximum atomic E-state index is 10.9. The van der Waals surface area contributed by atoms with Gasteiger partial charge in [-0.15, -0.1) is 0 Å². The van der Waals surface area contributed by atoms with Gasteiger partial charge in [0, 0.05) is 11.1 Å². The van der Waals surface area contributed by atoms with E-state index in [-0.39, 0.29) is 19.5 Å². The number of benzene rings is 2. The van der Waals surface area contributed by atoms with Gasteiger partial charge in [-0.25, -0.2) is 0 Å². The van der Waals surface area contributed by atoms with Crippen LogP contribution in [0, 0.1) is 0 Å². The summed E-state index contributed by atoms with van der Waals surface area (Å²) >= 11 is 0. The Morgan fingerprint density at radius 3 is 1.14 bits per heavy atom. The van der Waals surface area contributed by atoms with Gasteiger partial charge >= 0.3 is 19.5 Å². The van der Waals surface area contributed by atoms with Gasteiger partial charge < -0.3 is 19.8 Å². The minimum absolute atomic E-state index is 0. The molecule has 2 rings (SSSR count). The van der Waals surface area contributed by atoms with Crippen LogP contribution in [0.1, 0.15) is 136 Å². The predicted octanol–water partition coefficient (Wildman–Crippen LogP) is 6.68. The Morgan fingerprint density at radius 1 is 0.514 bits per heavy atom. The van der Waals surface area contributed by atoms with E-state index >= 15 is 0 Å². The van der Waals surface area contributed by atoms with E-state index in [9.17, 15) is 19.8 Å². The zero-order valence-electron chi connectivity index (χ0n) is 23.3. The minimum atomic E-state index is -1.06. The van der Waals surface area contributed by atoms with Gasteiger partial charge in [0.2, 0.25) is 0 Å². The van der Waals surface area contributed by atoms with Gasteiger partial charge in [-0.2, -0.15) is 0 Å². The molecule has 0 N–H and O–H groups in total. The first-order valence-electron chi connectivity index (χ1n) is 14.1. The summed E-state index contributed by atoms with van der Waals surface area (Å²) in [6.45, 7) is 4.44. The van der Waals surface area contributed by atoms with E-state index in [4.69, 9.17) is 0 Å². The van der Waals surface area contributed by atoms with Crippen molar-refractivity contribution in [2.75, 3.05) is 0 Å². The first-order valence-corrected chi connectivity index (χ1v) is 14.1. The third-order valence-corrected chi connectivity index (χ3v) is 6.57. The summed E-state index contributed by atoms with van der Waals surface area (Å²) in [5, 5.41) is 21.8. The normalized spacial score (nSPS) is 10.2. The number of aryl methyl sites for hydroxylation is 2. The molecule has 0 fully saturated rings. The van der Waals surface area contributed by atoms with Crippen molar-refractivity contribution < 1.29 is 39.3 Å². The van der Waals surface area contributed by atoms with E-state index in [1.807, 2.05) is 24.3 Å². The number of carboxylic acids is 2. The van der Waals surface area contributed by atoms with Gasteiger partial charge in [0.05, 0.1) is 11.9 Å². The number of carbonyl (C=O) groups is 2. The largest absolute Gasteiger partial charge is 2.00 e. The van der Waals surface area contributed by atoms with Crippen molar-refractivity contribution in [1.29, 1.82) is 0 Å². The van der Waals surface area contributed by atoms with Crippen LogP contribution in [-0.2, 0) is 32.3 Å². The number of aromatic carboxylic acids is 2. The number of unbranched alkanes of at least 4 members (excludes halogenated alkanes) is 12. The van der Waals surface area contributed by atoms with E-state index in [1.165, 1.54) is 77.0 Å². The maximum Gasteiger partial charge on any atom is 2.00 e. The Morgan fingerprint density at radius 2 is 0.811 bits per heavy atom. The van der Waals surface area contributed by atoms with Crippen LogP contribution in [-0.4, -0.2) is 11.9 Å². The molecule has 200 valence electrons. The number of hydrogen-bond acceptors (Lipinski definition) is 4. The second kappa shape index (κ2) is 23.1. The Labute approximate surface area is 238 Å². The molecule has 0 unspecified atom stereocenters. The van der Waals surface area contributed by atoms with Gasteiger partial charge in [-0.1, -0.05) is 139 Å². The van der Waals surface area contributed by atoms with E-state index < -0.39 is 11.9 Å². The molecule has 0 spiro atoms. The molecule has 0 aliphatic rings. The fourth-order valence-corrected chi connectivity index (χ4v) is 4.42. The van der Waals surface area contributed by atoms with Crippen molar-refractivity contribution in [3.05, 3.63) is 70.8 Å². The monoisotopic (exact) mass is 558 g/mol. The molecule has 0 aromatic heterocycles.